The smallest absolute Gasteiger partial charge is 0.392 e. The summed E-state index contributed by atoms with van der Waals surface area (Å²) in [6.45, 7) is 0.234. The second-order valence-corrected chi connectivity index (χ2v) is 3.68. The Morgan fingerprint density at radius 2 is 1.44 bits per heavy atom. The largest absolute Gasteiger partial charge is 0.417 e. The van der Waals surface area contributed by atoms with Gasteiger partial charge in [0.25, 0.3) is 0 Å². The van der Waals surface area contributed by atoms with Gasteiger partial charge in [-0.25, -0.2) is 0 Å². The molecule has 102 valence electrons. The maximum Gasteiger partial charge on any atom is 0.417 e. The van der Waals surface area contributed by atoms with Crippen molar-refractivity contribution in [3.63, 3.8) is 0 Å². The van der Waals surface area contributed by atoms with E-state index in [9.17, 15) is 26.3 Å². The van der Waals surface area contributed by atoms with Crippen molar-refractivity contribution in [1.82, 2.24) is 0 Å². The van der Waals surface area contributed by atoms with Crippen LogP contribution in [0, 0.1) is 0 Å². The highest BCUT2D eigenvalue weighted by atomic mass is 19.4. The molecule has 0 saturated carbocycles. The number of hydrogen-bond acceptors (Lipinski definition) is 1. The summed E-state index contributed by atoms with van der Waals surface area (Å²) < 4.78 is 75.6. The Balaban J connectivity index is 3.55. The van der Waals surface area contributed by atoms with Crippen LogP contribution in [0.4, 0.5) is 26.3 Å². The minimum absolute atomic E-state index is 0.203. The number of aliphatic hydroxyl groups is 1. The molecule has 0 bridgehead atoms. The predicted molar refractivity (Wildman–Crippen MR) is 51.7 cm³/mol. The van der Waals surface area contributed by atoms with Crippen LogP contribution in [0.15, 0.2) is 12.1 Å². The van der Waals surface area contributed by atoms with E-state index in [1.54, 1.807) is 0 Å². The third-order valence-electron chi connectivity index (χ3n) is 2.46. The average Bonchev–Trinajstić information content (AvgIpc) is 2.24. The summed E-state index contributed by atoms with van der Waals surface area (Å²) in [6.07, 6.45) is -9.72. The molecule has 0 saturated heterocycles. The third kappa shape index (κ3) is 2.95. The fourth-order valence-corrected chi connectivity index (χ4v) is 1.70. The number of hydrogen-bond donors (Lipinski definition) is 1. The van der Waals surface area contributed by atoms with Crippen LogP contribution in [0.1, 0.15) is 29.2 Å². The molecule has 0 aromatic heterocycles. The van der Waals surface area contributed by atoms with E-state index in [0.29, 0.717) is 12.1 Å². The van der Waals surface area contributed by atoms with E-state index in [4.69, 9.17) is 5.11 Å². The van der Waals surface area contributed by atoms with Crippen molar-refractivity contribution >= 4 is 0 Å². The average molecular weight is 272 g/mol. The van der Waals surface area contributed by atoms with Crippen molar-refractivity contribution in [2.45, 2.75) is 32.3 Å². The molecule has 0 aliphatic carbocycles. The van der Waals surface area contributed by atoms with Crippen molar-refractivity contribution in [3.05, 3.63) is 34.4 Å². The Kier molecular flexibility index (Phi) is 3.95. The zero-order valence-corrected chi connectivity index (χ0v) is 9.28. The predicted octanol–water partition coefficient (Wildman–Crippen LogP) is 3.78. The highest BCUT2D eigenvalue weighted by Gasteiger charge is 2.39. The number of rotatable bonds is 2. The first-order valence-electron chi connectivity index (χ1n) is 5.02. The lowest BCUT2D eigenvalue weighted by molar-refractivity contribution is -0.142. The number of halogens is 6. The van der Waals surface area contributed by atoms with Crippen LogP contribution in [-0.2, 0) is 25.4 Å². The van der Waals surface area contributed by atoms with E-state index >= 15 is 0 Å². The Labute approximate surface area is 99.0 Å². The van der Waals surface area contributed by atoms with Crippen molar-refractivity contribution in [2.24, 2.45) is 0 Å². The number of benzene rings is 1. The molecule has 1 aromatic carbocycles. The fourth-order valence-electron chi connectivity index (χ4n) is 1.70. The minimum atomic E-state index is -4.78. The molecule has 18 heavy (non-hydrogen) atoms. The van der Waals surface area contributed by atoms with Crippen LogP contribution >= 0.6 is 0 Å². The van der Waals surface area contributed by atoms with E-state index < -0.39 is 41.2 Å². The molecule has 0 spiro atoms. The molecule has 1 rings (SSSR count). The fraction of sp³-hybridized carbons (Fsp3) is 0.455. The Bertz CT molecular complexity index is 407. The molecular weight excluding hydrogens is 262 g/mol. The third-order valence-corrected chi connectivity index (χ3v) is 2.46. The van der Waals surface area contributed by atoms with Crippen LogP contribution in [-0.4, -0.2) is 5.11 Å². The van der Waals surface area contributed by atoms with Gasteiger partial charge in [-0.1, -0.05) is 6.92 Å². The topological polar surface area (TPSA) is 20.2 Å². The first kappa shape index (κ1) is 14.8. The summed E-state index contributed by atoms with van der Waals surface area (Å²) in [6, 6.07) is 0.809. The lowest BCUT2D eigenvalue weighted by Crippen LogP contribution is -2.16. The molecule has 0 radical (unpaired) electrons. The molecule has 0 aliphatic rings. The van der Waals surface area contributed by atoms with E-state index in [-0.39, 0.29) is 6.42 Å². The van der Waals surface area contributed by atoms with Gasteiger partial charge in [0.2, 0.25) is 0 Å². The van der Waals surface area contributed by atoms with Crippen LogP contribution in [0.5, 0.6) is 0 Å². The van der Waals surface area contributed by atoms with Crippen molar-refractivity contribution in [3.8, 4) is 0 Å². The summed E-state index contributed by atoms with van der Waals surface area (Å²) in [5.74, 6) is 0. The molecule has 0 amide bonds. The van der Waals surface area contributed by atoms with Crippen molar-refractivity contribution < 1.29 is 31.4 Å². The van der Waals surface area contributed by atoms with Gasteiger partial charge in [-0.3, -0.25) is 0 Å². The van der Waals surface area contributed by atoms with Gasteiger partial charge in [-0.05, 0) is 29.7 Å². The van der Waals surface area contributed by atoms with Gasteiger partial charge in [0.15, 0.2) is 0 Å². The Morgan fingerprint density at radius 1 is 0.944 bits per heavy atom. The van der Waals surface area contributed by atoms with Gasteiger partial charge in [0, 0.05) is 0 Å². The lowest BCUT2D eigenvalue weighted by atomic mass is 9.95. The van der Waals surface area contributed by atoms with Crippen LogP contribution in [0.25, 0.3) is 0 Å². The maximum atomic E-state index is 12.7. The zero-order chi connectivity index (χ0) is 14.1. The van der Waals surface area contributed by atoms with E-state index in [2.05, 4.69) is 0 Å². The summed E-state index contributed by atoms with van der Waals surface area (Å²) in [5.41, 5.74) is -3.59. The van der Waals surface area contributed by atoms with Gasteiger partial charge in [0.05, 0.1) is 17.7 Å². The molecule has 0 fully saturated rings. The summed E-state index contributed by atoms with van der Waals surface area (Å²) in [4.78, 5) is 0. The highest BCUT2D eigenvalue weighted by molar-refractivity contribution is 5.42. The first-order valence-corrected chi connectivity index (χ1v) is 5.02. The van der Waals surface area contributed by atoms with Gasteiger partial charge in [0.1, 0.15) is 0 Å². The second-order valence-electron chi connectivity index (χ2n) is 3.68. The maximum absolute atomic E-state index is 12.7. The molecule has 0 aliphatic heterocycles. The Morgan fingerprint density at radius 3 is 1.78 bits per heavy atom. The summed E-state index contributed by atoms with van der Waals surface area (Å²) in [5, 5.41) is 8.82. The SMILES string of the molecule is CCc1cc(C(F)(F)F)cc(CO)c1C(F)(F)F. The van der Waals surface area contributed by atoms with Gasteiger partial charge < -0.3 is 5.11 Å². The summed E-state index contributed by atoms with van der Waals surface area (Å²) in [7, 11) is 0. The van der Waals surface area contributed by atoms with Crippen molar-refractivity contribution in [2.75, 3.05) is 0 Å². The molecule has 1 aromatic rings. The monoisotopic (exact) mass is 272 g/mol. The summed E-state index contributed by atoms with van der Waals surface area (Å²) >= 11 is 0. The van der Waals surface area contributed by atoms with E-state index in [1.165, 1.54) is 6.92 Å². The first-order chi connectivity index (χ1) is 8.11. The standard InChI is InChI=1S/C11H10F6O/c1-2-6-3-8(10(12,13)14)4-7(5-18)9(6)11(15,16)17/h3-4,18H,2,5H2,1H3. The molecule has 0 heterocycles. The molecule has 0 atom stereocenters. The molecule has 0 unspecified atom stereocenters. The molecule has 7 heteroatoms. The van der Waals surface area contributed by atoms with Gasteiger partial charge >= 0.3 is 12.4 Å². The highest BCUT2D eigenvalue weighted by Crippen LogP contribution is 2.39. The number of alkyl halides is 6. The second kappa shape index (κ2) is 4.79. The lowest BCUT2D eigenvalue weighted by Gasteiger charge is -2.18. The quantitative estimate of drug-likeness (QED) is 0.812. The minimum Gasteiger partial charge on any atom is -0.392 e. The van der Waals surface area contributed by atoms with E-state index in [0.717, 1.165) is 0 Å². The van der Waals surface area contributed by atoms with Crippen molar-refractivity contribution in [1.29, 1.82) is 0 Å². The molecule has 1 N–H and O–H groups in total. The van der Waals surface area contributed by atoms with Crippen LogP contribution < -0.4 is 0 Å². The normalized spacial score (nSPS) is 12.9. The van der Waals surface area contributed by atoms with Crippen LogP contribution in [0.2, 0.25) is 0 Å². The van der Waals surface area contributed by atoms with E-state index in [1.807, 2.05) is 0 Å². The molecular formula is C11H10F6O. The van der Waals surface area contributed by atoms with Gasteiger partial charge in [-0.15, -0.1) is 0 Å². The Hall–Kier alpha value is -1.24. The zero-order valence-electron chi connectivity index (χ0n) is 9.28. The number of aryl methyl sites for hydroxylation is 1. The molecule has 1 nitrogen and oxygen atoms in total. The van der Waals surface area contributed by atoms with Crippen LogP contribution in [0.3, 0.4) is 0 Å². The number of aliphatic hydroxyl groups excluding tert-OH is 1. The van der Waals surface area contributed by atoms with Gasteiger partial charge in [-0.2, -0.15) is 26.3 Å².